The molecular weight excluding hydrogens is 259 g/mol. The lowest BCUT2D eigenvalue weighted by atomic mass is 9.93. The molecule has 20 heavy (non-hydrogen) atoms. The first-order valence-corrected chi connectivity index (χ1v) is 6.07. The zero-order valence-electron chi connectivity index (χ0n) is 10.3. The van der Waals surface area contributed by atoms with Crippen molar-refractivity contribution in [3.05, 3.63) is 71.0 Å². The fourth-order valence-corrected chi connectivity index (χ4v) is 2.37. The molecule has 0 amide bonds. The van der Waals surface area contributed by atoms with Crippen molar-refractivity contribution in [3.63, 3.8) is 0 Å². The Morgan fingerprint density at radius 3 is 2.25 bits per heavy atom. The summed E-state index contributed by atoms with van der Waals surface area (Å²) in [6, 6.07) is 11.5. The minimum Gasteiger partial charge on any atom is -0.293 e. The highest BCUT2D eigenvalue weighted by molar-refractivity contribution is 6.37. The molecule has 1 atom stereocenters. The summed E-state index contributed by atoms with van der Waals surface area (Å²) in [6.45, 7) is 0. The molecule has 1 aliphatic rings. The average molecular weight is 268 g/mol. The molecule has 3 nitrogen and oxygen atoms in total. The van der Waals surface area contributed by atoms with Gasteiger partial charge in [0.2, 0.25) is 0 Å². The van der Waals surface area contributed by atoms with Crippen LogP contribution in [0.1, 0.15) is 31.1 Å². The second-order valence-electron chi connectivity index (χ2n) is 4.58. The number of hydrogen-bond donors (Lipinski definition) is 0. The maximum atomic E-state index is 13.2. The lowest BCUT2D eigenvalue weighted by Crippen LogP contribution is -2.25. The Bertz CT molecular complexity index is 735. The van der Waals surface area contributed by atoms with Crippen LogP contribution in [0.3, 0.4) is 0 Å². The van der Waals surface area contributed by atoms with Crippen molar-refractivity contribution < 1.29 is 18.8 Å². The molecule has 0 spiro atoms. The molecule has 1 aliphatic carbocycles. The van der Waals surface area contributed by atoms with Gasteiger partial charge in [-0.1, -0.05) is 30.3 Å². The minimum absolute atomic E-state index is 0.00992. The average Bonchev–Trinajstić information content (AvgIpc) is 2.71. The largest absolute Gasteiger partial charge is 0.293 e. The van der Waals surface area contributed by atoms with Gasteiger partial charge in [0.05, 0.1) is 0 Å². The van der Waals surface area contributed by atoms with Gasteiger partial charge in [-0.2, -0.15) is 0 Å². The first kappa shape index (κ1) is 12.4. The van der Waals surface area contributed by atoms with Gasteiger partial charge < -0.3 is 0 Å². The molecule has 3 rings (SSSR count). The van der Waals surface area contributed by atoms with E-state index in [0.29, 0.717) is 5.56 Å². The third-order valence-electron chi connectivity index (χ3n) is 3.36. The van der Waals surface area contributed by atoms with Gasteiger partial charge in [-0.3, -0.25) is 14.4 Å². The van der Waals surface area contributed by atoms with Crippen molar-refractivity contribution >= 4 is 17.3 Å². The van der Waals surface area contributed by atoms with Crippen LogP contribution in [-0.4, -0.2) is 17.3 Å². The van der Waals surface area contributed by atoms with Crippen molar-refractivity contribution in [1.82, 2.24) is 0 Å². The monoisotopic (exact) mass is 268 g/mol. The Hall–Kier alpha value is -2.62. The highest BCUT2D eigenvalue weighted by atomic mass is 19.1. The Balaban J connectivity index is 2.04. The second kappa shape index (κ2) is 4.49. The summed E-state index contributed by atoms with van der Waals surface area (Å²) >= 11 is 0. The number of rotatable bonds is 2. The third kappa shape index (κ3) is 1.77. The van der Waals surface area contributed by atoms with Crippen LogP contribution in [0.2, 0.25) is 0 Å². The predicted octanol–water partition coefficient (Wildman–Crippen LogP) is 2.70. The van der Waals surface area contributed by atoms with Crippen molar-refractivity contribution in [2.24, 2.45) is 5.92 Å². The number of benzene rings is 2. The summed E-state index contributed by atoms with van der Waals surface area (Å²) in [6.07, 6.45) is 0. The maximum absolute atomic E-state index is 13.2. The van der Waals surface area contributed by atoms with Gasteiger partial charge in [0.25, 0.3) is 0 Å². The van der Waals surface area contributed by atoms with Crippen LogP contribution in [-0.2, 0) is 0 Å². The first-order chi connectivity index (χ1) is 9.59. The number of hydrogen-bond acceptors (Lipinski definition) is 3. The smallest absolute Gasteiger partial charge is 0.182 e. The molecule has 0 radical (unpaired) electrons. The number of carbonyl (C=O) groups is 3. The fraction of sp³-hybridized carbons (Fsp3) is 0.0625. The molecule has 0 aliphatic heterocycles. The van der Waals surface area contributed by atoms with Gasteiger partial charge in [0.1, 0.15) is 11.7 Å². The predicted molar refractivity (Wildman–Crippen MR) is 69.3 cm³/mol. The Morgan fingerprint density at radius 2 is 1.55 bits per heavy atom. The van der Waals surface area contributed by atoms with Gasteiger partial charge in [-0.15, -0.1) is 0 Å². The van der Waals surface area contributed by atoms with E-state index < -0.39 is 29.1 Å². The van der Waals surface area contributed by atoms with E-state index in [9.17, 15) is 18.8 Å². The van der Waals surface area contributed by atoms with E-state index in [1.807, 2.05) is 0 Å². The summed E-state index contributed by atoms with van der Waals surface area (Å²) in [5.41, 5.74) is 0.405. The van der Waals surface area contributed by atoms with Crippen LogP contribution in [0.15, 0.2) is 48.5 Å². The Labute approximate surface area is 114 Å². The second-order valence-corrected chi connectivity index (χ2v) is 4.58. The van der Waals surface area contributed by atoms with Crippen LogP contribution < -0.4 is 0 Å². The standard InChI is InChI=1S/C16H9FO3/c17-10-6-7-11-12(8-10)16(20)13(15(11)19)14(18)9-4-2-1-3-5-9/h1-8,13H. The Morgan fingerprint density at radius 1 is 0.900 bits per heavy atom. The van der Waals surface area contributed by atoms with Crippen LogP contribution in [0.25, 0.3) is 0 Å². The molecule has 2 aromatic carbocycles. The molecule has 0 bridgehead atoms. The van der Waals surface area contributed by atoms with Gasteiger partial charge in [-0.25, -0.2) is 4.39 Å². The molecular formula is C16H9FO3. The van der Waals surface area contributed by atoms with Gasteiger partial charge in [0.15, 0.2) is 17.3 Å². The van der Waals surface area contributed by atoms with Gasteiger partial charge in [0, 0.05) is 16.7 Å². The molecule has 0 aromatic heterocycles. The molecule has 0 saturated heterocycles. The quantitative estimate of drug-likeness (QED) is 0.621. The minimum atomic E-state index is -1.38. The summed E-state index contributed by atoms with van der Waals surface area (Å²) < 4.78 is 13.2. The number of carbonyl (C=O) groups excluding carboxylic acids is 3. The van der Waals surface area contributed by atoms with E-state index in [1.54, 1.807) is 30.3 Å². The number of ketones is 3. The molecule has 4 heteroatoms. The van der Waals surface area contributed by atoms with Crippen LogP contribution in [0, 0.1) is 11.7 Å². The van der Waals surface area contributed by atoms with E-state index in [-0.39, 0.29) is 11.1 Å². The van der Waals surface area contributed by atoms with E-state index in [4.69, 9.17) is 0 Å². The number of halogens is 1. The van der Waals surface area contributed by atoms with Crippen molar-refractivity contribution in [3.8, 4) is 0 Å². The lowest BCUT2D eigenvalue weighted by molar-refractivity contribution is 0.0756. The van der Waals surface area contributed by atoms with E-state index >= 15 is 0 Å². The van der Waals surface area contributed by atoms with Crippen molar-refractivity contribution in [1.29, 1.82) is 0 Å². The summed E-state index contributed by atoms with van der Waals surface area (Å²) in [7, 11) is 0. The van der Waals surface area contributed by atoms with Crippen LogP contribution in [0.5, 0.6) is 0 Å². The number of Topliss-reactive ketones (excluding diaryl/α,β-unsaturated/α-hetero) is 3. The molecule has 0 saturated carbocycles. The first-order valence-electron chi connectivity index (χ1n) is 6.07. The lowest BCUT2D eigenvalue weighted by Gasteiger charge is -2.05. The third-order valence-corrected chi connectivity index (χ3v) is 3.36. The normalized spacial score (nSPS) is 17.1. The SMILES string of the molecule is O=C(c1ccccc1)C1C(=O)c2ccc(F)cc2C1=O. The molecule has 2 aromatic rings. The zero-order valence-corrected chi connectivity index (χ0v) is 10.3. The molecule has 98 valence electrons. The van der Waals surface area contributed by atoms with Gasteiger partial charge >= 0.3 is 0 Å². The zero-order chi connectivity index (χ0) is 14.3. The topological polar surface area (TPSA) is 51.2 Å². The summed E-state index contributed by atoms with van der Waals surface area (Å²) in [5.74, 6) is -3.71. The number of fused-ring (bicyclic) bond motifs is 1. The molecule has 0 fully saturated rings. The summed E-state index contributed by atoms with van der Waals surface area (Å²) in [5, 5.41) is 0. The van der Waals surface area contributed by atoms with Crippen molar-refractivity contribution in [2.45, 2.75) is 0 Å². The van der Waals surface area contributed by atoms with Gasteiger partial charge in [-0.05, 0) is 18.2 Å². The van der Waals surface area contributed by atoms with Crippen LogP contribution in [0.4, 0.5) is 4.39 Å². The van der Waals surface area contributed by atoms with E-state index in [2.05, 4.69) is 0 Å². The van der Waals surface area contributed by atoms with E-state index in [1.165, 1.54) is 6.07 Å². The summed E-state index contributed by atoms with van der Waals surface area (Å²) in [4.78, 5) is 36.6. The highest BCUT2D eigenvalue weighted by Crippen LogP contribution is 2.29. The Kier molecular flexibility index (Phi) is 2.79. The van der Waals surface area contributed by atoms with Crippen molar-refractivity contribution in [2.75, 3.05) is 0 Å². The molecule has 1 unspecified atom stereocenters. The highest BCUT2D eigenvalue weighted by Gasteiger charge is 2.43. The molecule has 0 N–H and O–H groups in total. The molecule has 0 heterocycles. The van der Waals surface area contributed by atoms with E-state index in [0.717, 1.165) is 12.1 Å². The fourth-order valence-electron chi connectivity index (χ4n) is 2.37. The van der Waals surface area contributed by atoms with Crippen LogP contribution >= 0.6 is 0 Å². The maximum Gasteiger partial charge on any atom is 0.182 e.